The minimum absolute atomic E-state index is 0.344. The third-order valence-electron chi connectivity index (χ3n) is 3.26. The van der Waals surface area contributed by atoms with E-state index in [2.05, 4.69) is 10.1 Å². The number of hydrogen-bond acceptors (Lipinski definition) is 5. The van der Waals surface area contributed by atoms with E-state index in [0.29, 0.717) is 23.4 Å². The Balaban J connectivity index is 2.04. The molecule has 18 heavy (non-hydrogen) atoms. The van der Waals surface area contributed by atoms with Crippen molar-refractivity contribution in [2.45, 2.75) is 25.0 Å². The van der Waals surface area contributed by atoms with Crippen LogP contribution in [-0.2, 0) is 9.47 Å². The first-order valence-electron chi connectivity index (χ1n) is 5.91. The number of nitrogens with one attached hydrogen (secondary N) is 1. The number of ether oxygens (including phenoxy) is 2. The first-order chi connectivity index (χ1) is 8.63. The number of esters is 1. The van der Waals surface area contributed by atoms with Crippen LogP contribution in [0.5, 0.6) is 0 Å². The second kappa shape index (κ2) is 5.27. The van der Waals surface area contributed by atoms with Crippen LogP contribution in [0.2, 0.25) is 0 Å². The summed E-state index contributed by atoms with van der Waals surface area (Å²) in [6.45, 7) is 0. The standard InChI is InChI=1S/C13H18N2O3/c1-17-10-5-9(6-10)15-8-3-4-12(14)11(7-8)13(16)18-2/h3-4,7,9-10,15H,5-6,14H2,1-2H3. The summed E-state index contributed by atoms with van der Waals surface area (Å²) in [5, 5.41) is 3.35. The molecule has 0 heterocycles. The van der Waals surface area contributed by atoms with E-state index in [4.69, 9.17) is 10.5 Å². The van der Waals surface area contributed by atoms with Crippen molar-refractivity contribution in [3.05, 3.63) is 23.8 Å². The maximum absolute atomic E-state index is 11.5. The Kier molecular flexibility index (Phi) is 3.72. The Bertz CT molecular complexity index is 442. The molecule has 0 aromatic heterocycles. The number of hydrogen-bond donors (Lipinski definition) is 2. The zero-order chi connectivity index (χ0) is 13.1. The highest BCUT2D eigenvalue weighted by molar-refractivity contribution is 5.96. The second-order valence-electron chi connectivity index (χ2n) is 4.46. The lowest BCUT2D eigenvalue weighted by Gasteiger charge is -2.35. The molecule has 5 heteroatoms. The summed E-state index contributed by atoms with van der Waals surface area (Å²) in [6.07, 6.45) is 2.31. The minimum atomic E-state index is -0.417. The van der Waals surface area contributed by atoms with Gasteiger partial charge in [0.25, 0.3) is 0 Å². The summed E-state index contributed by atoms with van der Waals surface area (Å²) >= 11 is 0. The molecule has 1 aliphatic carbocycles. The van der Waals surface area contributed by atoms with Crippen LogP contribution in [0.4, 0.5) is 11.4 Å². The predicted octanol–water partition coefficient (Wildman–Crippen LogP) is 1.64. The number of carbonyl (C=O) groups excluding carboxylic acids is 1. The quantitative estimate of drug-likeness (QED) is 0.628. The number of nitrogens with two attached hydrogens (primary N) is 1. The molecule has 1 aromatic rings. The minimum Gasteiger partial charge on any atom is -0.465 e. The monoisotopic (exact) mass is 250 g/mol. The van der Waals surface area contributed by atoms with Gasteiger partial charge in [-0.25, -0.2) is 4.79 Å². The lowest BCUT2D eigenvalue weighted by molar-refractivity contribution is 0.0328. The molecule has 0 radical (unpaired) electrons. The van der Waals surface area contributed by atoms with Crippen LogP contribution in [0.25, 0.3) is 0 Å². The van der Waals surface area contributed by atoms with E-state index in [0.717, 1.165) is 18.5 Å². The highest BCUT2D eigenvalue weighted by atomic mass is 16.5. The molecule has 0 unspecified atom stereocenters. The number of methoxy groups -OCH3 is 2. The van der Waals surface area contributed by atoms with Crippen molar-refractivity contribution in [2.75, 3.05) is 25.3 Å². The van der Waals surface area contributed by atoms with Gasteiger partial charge in [0.15, 0.2) is 0 Å². The van der Waals surface area contributed by atoms with E-state index < -0.39 is 5.97 Å². The third kappa shape index (κ3) is 2.56. The molecule has 0 aliphatic heterocycles. The van der Waals surface area contributed by atoms with E-state index in [1.807, 2.05) is 6.07 Å². The highest BCUT2D eigenvalue weighted by Crippen LogP contribution is 2.27. The second-order valence-corrected chi connectivity index (χ2v) is 4.46. The van der Waals surface area contributed by atoms with Crippen LogP contribution in [0, 0.1) is 0 Å². The lowest BCUT2D eigenvalue weighted by Crippen LogP contribution is -2.40. The predicted molar refractivity (Wildman–Crippen MR) is 69.6 cm³/mol. The molecule has 1 saturated carbocycles. The molecular formula is C13H18N2O3. The molecular weight excluding hydrogens is 232 g/mol. The van der Waals surface area contributed by atoms with Crippen molar-refractivity contribution in [1.82, 2.24) is 0 Å². The van der Waals surface area contributed by atoms with Gasteiger partial charge in [-0.05, 0) is 31.0 Å². The smallest absolute Gasteiger partial charge is 0.340 e. The van der Waals surface area contributed by atoms with Crippen LogP contribution < -0.4 is 11.1 Å². The zero-order valence-electron chi connectivity index (χ0n) is 10.6. The van der Waals surface area contributed by atoms with Gasteiger partial charge in [-0.1, -0.05) is 0 Å². The Hall–Kier alpha value is -1.75. The van der Waals surface area contributed by atoms with Gasteiger partial charge in [0.05, 0.1) is 18.8 Å². The molecule has 1 aromatic carbocycles. The van der Waals surface area contributed by atoms with Gasteiger partial charge in [0, 0.05) is 24.5 Å². The van der Waals surface area contributed by atoms with E-state index in [9.17, 15) is 4.79 Å². The topological polar surface area (TPSA) is 73.6 Å². The van der Waals surface area contributed by atoms with E-state index in [1.54, 1.807) is 19.2 Å². The summed E-state index contributed by atoms with van der Waals surface area (Å²) in [7, 11) is 3.07. The molecule has 0 spiro atoms. The fourth-order valence-electron chi connectivity index (χ4n) is 2.04. The highest BCUT2D eigenvalue weighted by Gasteiger charge is 2.28. The summed E-state index contributed by atoms with van der Waals surface area (Å²) in [5.41, 5.74) is 7.44. The molecule has 2 rings (SSSR count). The summed E-state index contributed by atoms with van der Waals surface area (Å²) in [6, 6.07) is 5.69. The molecule has 3 N–H and O–H groups in total. The van der Waals surface area contributed by atoms with E-state index >= 15 is 0 Å². The van der Waals surface area contributed by atoms with Gasteiger partial charge in [0.2, 0.25) is 0 Å². The number of carbonyl (C=O) groups is 1. The van der Waals surface area contributed by atoms with E-state index in [1.165, 1.54) is 7.11 Å². The number of rotatable bonds is 4. The molecule has 98 valence electrons. The maximum Gasteiger partial charge on any atom is 0.340 e. The Labute approximate surface area is 106 Å². The average Bonchev–Trinajstić information content (AvgIpc) is 2.34. The average molecular weight is 250 g/mol. The lowest BCUT2D eigenvalue weighted by atomic mass is 9.89. The maximum atomic E-state index is 11.5. The normalized spacial score (nSPS) is 22.1. The molecule has 1 aliphatic rings. The molecule has 5 nitrogen and oxygen atoms in total. The third-order valence-corrected chi connectivity index (χ3v) is 3.26. The number of nitrogen functional groups attached to an aromatic ring is 1. The Morgan fingerprint density at radius 1 is 1.39 bits per heavy atom. The van der Waals surface area contributed by atoms with Crippen LogP contribution in [0.15, 0.2) is 18.2 Å². The van der Waals surface area contributed by atoms with Gasteiger partial charge in [-0.15, -0.1) is 0 Å². The summed E-state index contributed by atoms with van der Waals surface area (Å²) in [5.74, 6) is -0.417. The van der Waals surface area contributed by atoms with Crippen molar-refractivity contribution in [2.24, 2.45) is 0 Å². The Morgan fingerprint density at radius 2 is 2.11 bits per heavy atom. The van der Waals surface area contributed by atoms with Crippen molar-refractivity contribution < 1.29 is 14.3 Å². The Morgan fingerprint density at radius 3 is 2.72 bits per heavy atom. The summed E-state index contributed by atoms with van der Waals surface area (Å²) < 4.78 is 9.90. The largest absolute Gasteiger partial charge is 0.465 e. The summed E-state index contributed by atoms with van der Waals surface area (Å²) in [4.78, 5) is 11.5. The van der Waals surface area contributed by atoms with Crippen LogP contribution >= 0.6 is 0 Å². The molecule has 0 amide bonds. The van der Waals surface area contributed by atoms with Crippen molar-refractivity contribution >= 4 is 17.3 Å². The van der Waals surface area contributed by atoms with Crippen LogP contribution in [-0.4, -0.2) is 32.3 Å². The van der Waals surface area contributed by atoms with Crippen molar-refractivity contribution in [1.29, 1.82) is 0 Å². The van der Waals surface area contributed by atoms with Gasteiger partial charge in [0.1, 0.15) is 0 Å². The molecule has 0 atom stereocenters. The fraction of sp³-hybridized carbons (Fsp3) is 0.462. The first kappa shape index (κ1) is 12.7. The molecule has 0 bridgehead atoms. The zero-order valence-corrected chi connectivity index (χ0v) is 10.6. The van der Waals surface area contributed by atoms with Gasteiger partial charge >= 0.3 is 5.97 Å². The molecule has 0 saturated heterocycles. The van der Waals surface area contributed by atoms with Gasteiger partial charge in [-0.2, -0.15) is 0 Å². The first-order valence-corrected chi connectivity index (χ1v) is 5.91. The number of anilines is 2. The fourth-order valence-corrected chi connectivity index (χ4v) is 2.04. The number of benzene rings is 1. The van der Waals surface area contributed by atoms with Gasteiger partial charge < -0.3 is 20.5 Å². The van der Waals surface area contributed by atoms with Gasteiger partial charge in [-0.3, -0.25) is 0 Å². The van der Waals surface area contributed by atoms with Crippen molar-refractivity contribution in [3.8, 4) is 0 Å². The van der Waals surface area contributed by atoms with Crippen LogP contribution in [0.1, 0.15) is 23.2 Å². The van der Waals surface area contributed by atoms with Crippen LogP contribution in [0.3, 0.4) is 0 Å². The SMILES string of the molecule is COC(=O)c1cc(NC2CC(OC)C2)ccc1N. The van der Waals surface area contributed by atoms with Crippen molar-refractivity contribution in [3.63, 3.8) is 0 Å². The molecule has 1 fully saturated rings. The van der Waals surface area contributed by atoms with E-state index in [-0.39, 0.29) is 0 Å².